The Morgan fingerprint density at radius 3 is 1.60 bits per heavy atom. The molecule has 12 rings (SSSR count). The van der Waals surface area contributed by atoms with Crippen LogP contribution in [-0.2, 0) is 0 Å². The van der Waals surface area contributed by atoms with Gasteiger partial charge in [-0.25, -0.2) is 9.97 Å². The maximum absolute atomic E-state index is 5.62. The van der Waals surface area contributed by atoms with E-state index in [0.717, 1.165) is 49.9 Å². The van der Waals surface area contributed by atoms with Gasteiger partial charge in [-0.3, -0.25) is 4.57 Å². The molecule has 0 unspecified atom stereocenters. The SMILES string of the molecule is c1ccc(-c2ccc(-c3nc4c(ccc5ccccc54)nc3-n3c4ccc5c6ccccc6c6ccccc6c5c4c4ccc5ccccc5c43)cc2)cc1. The number of benzene rings is 10. The number of hydrogen-bond acceptors (Lipinski definition) is 2. The zero-order chi connectivity index (χ0) is 36.0. The average molecular weight is 698 g/mol. The molecule has 10 aromatic carbocycles. The Hall–Kier alpha value is -7.36. The second-order valence-corrected chi connectivity index (χ2v) is 14.5. The third-order valence-corrected chi connectivity index (χ3v) is 11.5. The van der Waals surface area contributed by atoms with Gasteiger partial charge in [0, 0.05) is 32.5 Å². The van der Waals surface area contributed by atoms with Gasteiger partial charge in [0.15, 0.2) is 5.82 Å². The monoisotopic (exact) mass is 697 g/mol. The van der Waals surface area contributed by atoms with Crippen molar-refractivity contribution in [1.82, 2.24) is 14.5 Å². The second-order valence-electron chi connectivity index (χ2n) is 14.5. The van der Waals surface area contributed by atoms with E-state index in [1.807, 2.05) is 0 Å². The number of hydrogen-bond donors (Lipinski definition) is 0. The van der Waals surface area contributed by atoms with E-state index in [1.54, 1.807) is 0 Å². The van der Waals surface area contributed by atoms with Crippen molar-refractivity contribution in [2.45, 2.75) is 0 Å². The van der Waals surface area contributed by atoms with Gasteiger partial charge >= 0.3 is 0 Å². The molecule has 2 heterocycles. The zero-order valence-electron chi connectivity index (χ0n) is 29.7. The summed E-state index contributed by atoms with van der Waals surface area (Å²) in [6.07, 6.45) is 0. The summed E-state index contributed by atoms with van der Waals surface area (Å²) in [4.78, 5) is 11.2. The van der Waals surface area contributed by atoms with Crippen molar-refractivity contribution in [2.75, 3.05) is 0 Å². The molecular weight excluding hydrogens is 667 g/mol. The van der Waals surface area contributed by atoms with Crippen LogP contribution in [0.15, 0.2) is 188 Å². The highest BCUT2D eigenvalue weighted by Crippen LogP contribution is 2.46. The molecule has 0 N–H and O–H groups in total. The molecule has 0 fully saturated rings. The Bertz CT molecular complexity index is 3490. The lowest BCUT2D eigenvalue weighted by Crippen LogP contribution is -2.04. The maximum atomic E-state index is 5.62. The summed E-state index contributed by atoms with van der Waals surface area (Å²) in [6, 6.07) is 67.7. The fourth-order valence-corrected chi connectivity index (χ4v) is 9.06. The van der Waals surface area contributed by atoms with Crippen LogP contribution in [0.2, 0.25) is 0 Å². The van der Waals surface area contributed by atoms with Crippen molar-refractivity contribution >= 4 is 86.7 Å². The Labute approximate surface area is 316 Å². The Kier molecular flexibility index (Phi) is 6.34. The molecule has 0 saturated carbocycles. The number of fused-ring (bicyclic) bond motifs is 15. The second kappa shape index (κ2) is 11.6. The lowest BCUT2D eigenvalue weighted by atomic mass is 9.91. The highest BCUT2D eigenvalue weighted by Gasteiger charge is 2.24. The molecule has 0 amide bonds. The molecule has 3 heteroatoms. The number of nitrogens with zero attached hydrogens (tertiary/aromatic N) is 3. The maximum Gasteiger partial charge on any atom is 0.165 e. The Morgan fingerprint density at radius 1 is 0.327 bits per heavy atom. The summed E-state index contributed by atoms with van der Waals surface area (Å²) < 4.78 is 2.40. The molecular formula is C52H31N3. The van der Waals surface area contributed by atoms with Gasteiger partial charge in [0.25, 0.3) is 0 Å². The molecule has 12 aromatic rings. The molecule has 0 aliphatic carbocycles. The minimum Gasteiger partial charge on any atom is -0.291 e. The summed E-state index contributed by atoms with van der Waals surface area (Å²) in [6.45, 7) is 0. The molecule has 55 heavy (non-hydrogen) atoms. The molecule has 0 bridgehead atoms. The molecule has 0 aliphatic heterocycles. The molecule has 0 spiro atoms. The number of rotatable bonds is 3. The molecule has 0 radical (unpaired) electrons. The molecule has 3 nitrogen and oxygen atoms in total. The van der Waals surface area contributed by atoms with Gasteiger partial charge < -0.3 is 0 Å². The molecule has 0 saturated heterocycles. The standard InChI is InChI=1S/C52H31N3/c1-2-12-32(13-3-1)33-22-24-36(25-23-33)49-52(53-45-30-27-34-14-4-6-16-37(34)50(45)54-49)55-46-31-29-43-41-20-9-8-18-39(41)40-19-10-11-21-42(40)47(43)48(46)44-28-26-35-15-5-7-17-38(35)51(44)55/h1-31H. The normalized spacial score (nSPS) is 12.0. The van der Waals surface area contributed by atoms with Crippen molar-refractivity contribution in [3.63, 3.8) is 0 Å². The summed E-state index contributed by atoms with van der Waals surface area (Å²) >= 11 is 0. The minimum atomic E-state index is 0.816. The van der Waals surface area contributed by atoms with Crippen molar-refractivity contribution < 1.29 is 0 Å². The third-order valence-electron chi connectivity index (χ3n) is 11.5. The van der Waals surface area contributed by atoms with Crippen LogP contribution in [0.5, 0.6) is 0 Å². The van der Waals surface area contributed by atoms with Crippen molar-refractivity contribution in [3.8, 4) is 28.2 Å². The first-order valence-corrected chi connectivity index (χ1v) is 18.8. The van der Waals surface area contributed by atoms with Gasteiger partial charge in [-0.2, -0.15) is 0 Å². The van der Waals surface area contributed by atoms with Crippen molar-refractivity contribution in [1.29, 1.82) is 0 Å². The predicted octanol–water partition coefficient (Wildman–Crippen LogP) is 13.8. The first-order valence-electron chi connectivity index (χ1n) is 18.8. The van der Waals surface area contributed by atoms with Crippen LogP contribution in [0.25, 0.3) is 115 Å². The van der Waals surface area contributed by atoms with Crippen LogP contribution < -0.4 is 0 Å². The van der Waals surface area contributed by atoms with Crippen LogP contribution in [0.1, 0.15) is 0 Å². The fourth-order valence-electron chi connectivity index (χ4n) is 9.06. The Balaban J connectivity index is 1.27. The smallest absolute Gasteiger partial charge is 0.165 e. The third kappa shape index (κ3) is 4.38. The van der Waals surface area contributed by atoms with Crippen molar-refractivity contribution in [2.24, 2.45) is 0 Å². The lowest BCUT2D eigenvalue weighted by Gasteiger charge is -2.16. The molecule has 254 valence electrons. The van der Waals surface area contributed by atoms with Gasteiger partial charge in [-0.05, 0) is 61.0 Å². The van der Waals surface area contributed by atoms with Crippen LogP contribution in [0.4, 0.5) is 0 Å². The average Bonchev–Trinajstić information content (AvgIpc) is 3.61. The van der Waals surface area contributed by atoms with E-state index >= 15 is 0 Å². The van der Waals surface area contributed by atoms with Crippen molar-refractivity contribution in [3.05, 3.63) is 188 Å². The quantitative estimate of drug-likeness (QED) is 0.172. The van der Waals surface area contributed by atoms with Crippen LogP contribution in [-0.4, -0.2) is 14.5 Å². The van der Waals surface area contributed by atoms with Gasteiger partial charge in [0.05, 0.1) is 22.1 Å². The van der Waals surface area contributed by atoms with E-state index in [1.165, 1.54) is 65.0 Å². The van der Waals surface area contributed by atoms with E-state index in [4.69, 9.17) is 9.97 Å². The van der Waals surface area contributed by atoms with E-state index in [0.29, 0.717) is 0 Å². The van der Waals surface area contributed by atoms with Crippen LogP contribution >= 0.6 is 0 Å². The fraction of sp³-hybridized carbons (Fsp3) is 0. The number of aromatic nitrogens is 3. The zero-order valence-corrected chi connectivity index (χ0v) is 29.7. The summed E-state index contributed by atoms with van der Waals surface area (Å²) in [5, 5.41) is 14.6. The first kappa shape index (κ1) is 30.1. The molecule has 2 aromatic heterocycles. The van der Waals surface area contributed by atoms with Gasteiger partial charge in [-0.1, -0.05) is 176 Å². The van der Waals surface area contributed by atoms with E-state index in [2.05, 4.69) is 193 Å². The van der Waals surface area contributed by atoms with Gasteiger partial charge in [0.1, 0.15) is 5.69 Å². The largest absolute Gasteiger partial charge is 0.291 e. The molecule has 0 aliphatic rings. The van der Waals surface area contributed by atoms with E-state index < -0.39 is 0 Å². The lowest BCUT2D eigenvalue weighted by molar-refractivity contribution is 1.08. The summed E-state index contributed by atoms with van der Waals surface area (Å²) in [5.74, 6) is 0.816. The van der Waals surface area contributed by atoms with Crippen LogP contribution in [0, 0.1) is 0 Å². The van der Waals surface area contributed by atoms with E-state index in [-0.39, 0.29) is 0 Å². The van der Waals surface area contributed by atoms with Gasteiger partial charge in [0.2, 0.25) is 0 Å². The first-order chi connectivity index (χ1) is 27.3. The molecule has 0 atom stereocenters. The highest BCUT2D eigenvalue weighted by molar-refractivity contribution is 6.36. The summed E-state index contributed by atoms with van der Waals surface area (Å²) in [5.41, 5.74) is 8.22. The van der Waals surface area contributed by atoms with E-state index in [9.17, 15) is 0 Å². The summed E-state index contributed by atoms with van der Waals surface area (Å²) in [7, 11) is 0. The highest BCUT2D eigenvalue weighted by atomic mass is 15.1. The predicted molar refractivity (Wildman–Crippen MR) is 232 cm³/mol. The van der Waals surface area contributed by atoms with Crippen LogP contribution in [0.3, 0.4) is 0 Å². The Morgan fingerprint density at radius 2 is 0.855 bits per heavy atom. The van der Waals surface area contributed by atoms with Gasteiger partial charge in [-0.15, -0.1) is 0 Å². The minimum absolute atomic E-state index is 0.816. The topological polar surface area (TPSA) is 30.7 Å².